The van der Waals surface area contributed by atoms with Gasteiger partial charge < -0.3 is 9.58 Å². The topological polar surface area (TPSA) is 30.7 Å². The Kier molecular flexibility index (Phi) is 4.36. The Balaban J connectivity index is 2.59. The minimum Gasteiger partial charge on any atom is -0.469 e. The van der Waals surface area contributed by atoms with Crippen LogP contribution in [0, 0.1) is 6.57 Å². The summed E-state index contributed by atoms with van der Waals surface area (Å²) in [5.41, 5.74) is 0.955. The number of ether oxygens (including phenoxy) is 1. The zero-order valence-electron chi connectivity index (χ0n) is 8.64. The largest absolute Gasteiger partial charge is 0.469 e. The number of methoxy groups -OCH3 is 1. The van der Waals surface area contributed by atoms with Crippen molar-refractivity contribution in [1.82, 2.24) is 0 Å². The summed E-state index contributed by atoms with van der Waals surface area (Å²) in [6, 6.07) is 9.26. The minimum atomic E-state index is -0.264. The van der Waals surface area contributed by atoms with Crippen LogP contribution in [-0.2, 0) is 9.53 Å². The van der Waals surface area contributed by atoms with Crippen molar-refractivity contribution >= 4 is 5.97 Å². The lowest BCUT2D eigenvalue weighted by Gasteiger charge is -2.04. The second kappa shape index (κ2) is 5.82. The van der Waals surface area contributed by atoms with Crippen molar-refractivity contribution < 1.29 is 9.53 Å². The number of hydrogen-bond acceptors (Lipinski definition) is 2. The van der Waals surface area contributed by atoms with E-state index in [1.54, 1.807) is 0 Å². The molecule has 0 N–H and O–H groups in total. The Morgan fingerprint density at radius 1 is 1.47 bits per heavy atom. The third kappa shape index (κ3) is 3.43. The van der Waals surface area contributed by atoms with Crippen LogP contribution < -0.4 is 0 Å². The summed E-state index contributed by atoms with van der Waals surface area (Å²) in [4.78, 5) is 14.4. The van der Waals surface area contributed by atoms with Crippen molar-refractivity contribution in [1.29, 1.82) is 0 Å². The van der Waals surface area contributed by atoms with E-state index >= 15 is 0 Å². The number of hydrogen-bond donors (Lipinski definition) is 0. The molecular weight excluding hydrogens is 190 g/mol. The molecule has 0 radical (unpaired) electrons. The molecule has 78 valence electrons. The van der Waals surface area contributed by atoms with Gasteiger partial charge in [0, 0.05) is 12.0 Å². The molecule has 1 unspecified atom stereocenters. The van der Waals surface area contributed by atoms with Crippen LogP contribution in [0.3, 0.4) is 0 Å². The van der Waals surface area contributed by atoms with Crippen molar-refractivity contribution in [3.63, 3.8) is 0 Å². The fourth-order valence-electron chi connectivity index (χ4n) is 1.34. The molecule has 1 aromatic carbocycles. The van der Waals surface area contributed by atoms with Crippen LogP contribution in [0.15, 0.2) is 30.3 Å². The van der Waals surface area contributed by atoms with E-state index in [0.29, 0.717) is 12.8 Å². The first-order valence-electron chi connectivity index (χ1n) is 4.76. The summed E-state index contributed by atoms with van der Waals surface area (Å²) in [7, 11) is 1.36. The van der Waals surface area contributed by atoms with Crippen molar-refractivity contribution in [3.8, 4) is 0 Å². The van der Waals surface area contributed by atoms with Gasteiger partial charge in [-0.1, -0.05) is 30.3 Å². The molecule has 0 spiro atoms. The molecule has 0 saturated carbocycles. The number of carbonyl (C=O) groups is 1. The molecule has 3 nitrogen and oxygen atoms in total. The first kappa shape index (κ1) is 11.3. The summed E-state index contributed by atoms with van der Waals surface area (Å²) in [6.07, 6.45) is 0.804. The average Bonchev–Trinajstić information content (AvgIpc) is 2.31. The van der Waals surface area contributed by atoms with Gasteiger partial charge in [0.2, 0.25) is 6.04 Å². The van der Waals surface area contributed by atoms with Crippen molar-refractivity contribution in [2.45, 2.75) is 18.9 Å². The second-order valence-electron chi connectivity index (χ2n) is 3.17. The van der Waals surface area contributed by atoms with Crippen LogP contribution in [0.4, 0.5) is 0 Å². The van der Waals surface area contributed by atoms with E-state index in [4.69, 9.17) is 6.57 Å². The summed E-state index contributed by atoms with van der Waals surface area (Å²) < 4.78 is 4.54. The smallest absolute Gasteiger partial charge is 0.305 e. The van der Waals surface area contributed by atoms with Gasteiger partial charge in [0.05, 0.1) is 13.5 Å². The molecule has 0 amide bonds. The van der Waals surface area contributed by atoms with E-state index in [1.807, 2.05) is 30.3 Å². The lowest BCUT2D eigenvalue weighted by Crippen LogP contribution is -2.03. The maximum absolute atomic E-state index is 10.9. The van der Waals surface area contributed by atoms with Gasteiger partial charge in [-0.3, -0.25) is 4.79 Å². The summed E-state index contributed by atoms with van der Waals surface area (Å²) >= 11 is 0. The Hall–Kier alpha value is -1.82. The predicted molar refractivity (Wildman–Crippen MR) is 57.0 cm³/mol. The fraction of sp³-hybridized carbons (Fsp3) is 0.333. The van der Waals surface area contributed by atoms with Crippen LogP contribution in [0.25, 0.3) is 4.85 Å². The second-order valence-corrected chi connectivity index (χ2v) is 3.17. The van der Waals surface area contributed by atoms with Crippen LogP contribution in [0.1, 0.15) is 24.4 Å². The number of benzene rings is 1. The first-order chi connectivity index (χ1) is 7.27. The molecule has 0 aliphatic rings. The average molecular weight is 203 g/mol. The molecule has 1 rings (SSSR count). The lowest BCUT2D eigenvalue weighted by molar-refractivity contribution is -0.140. The monoisotopic (exact) mass is 203 g/mol. The van der Waals surface area contributed by atoms with Crippen molar-refractivity contribution in [2.75, 3.05) is 7.11 Å². The minimum absolute atomic E-state index is 0.245. The van der Waals surface area contributed by atoms with E-state index in [9.17, 15) is 4.79 Å². The molecule has 0 aliphatic heterocycles. The van der Waals surface area contributed by atoms with Gasteiger partial charge in [-0.25, -0.2) is 6.57 Å². The molecule has 15 heavy (non-hydrogen) atoms. The zero-order valence-corrected chi connectivity index (χ0v) is 8.64. The van der Waals surface area contributed by atoms with E-state index < -0.39 is 0 Å². The lowest BCUT2D eigenvalue weighted by atomic mass is 10.0. The van der Waals surface area contributed by atoms with Crippen molar-refractivity contribution in [3.05, 3.63) is 47.3 Å². The number of rotatable bonds is 4. The Morgan fingerprint density at radius 2 is 2.13 bits per heavy atom. The standard InChI is InChI=1S/C12H13NO2/c1-13-11(8-9-12(14)15-2)10-6-4-3-5-7-10/h3-7,11H,8-9H2,2H3. The van der Waals surface area contributed by atoms with E-state index in [1.165, 1.54) is 7.11 Å². The number of nitrogens with zero attached hydrogens (tertiary/aromatic N) is 1. The quantitative estimate of drug-likeness (QED) is 0.556. The number of esters is 1. The zero-order chi connectivity index (χ0) is 11.1. The highest BCUT2D eigenvalue weighted by Gasteiger charge is 2.16. The summed E-state index contributed by atoms with van der Waals surface area (Å²) in [5.74, 6) is -0.264. The molecule has 3 heteroatoms. The fourth-order valence-corrected chi connectivity index (χ4v) is 1.34. The Bertz CT molecular complexity index is 354. The van der Waals surface area contributed by atoms with Crippen LogP contribution in [0.2, 0.25) is 0 Å². The SMILES string of the molecule is [C-]#[N+]C(CCC(=O)OC)c1ccccc1. The molecule has 0 heterocycles. The van der Waals surface area contributed by atoms with Gasteiger partial charge in [-0.2, -0.15) is 0 Å². The predicted octanol–water partition coefficient (Wildman–Crippen LogP) is 2.60. The van der Waals surface area contributed by atoms with E-state index in [2.05, 4.69) is 9.58 Å². The summed E-state index contributed by atoms with van der Waals surface area (Å²) in [6.45, 7) is 7.07. The van der Waals surface area contributed by atoms with Gasteiger partial charge in [0.25, 0.3) is 0 Å². The molecule has 0 aromatic heterocycles. The van der Waals surface area contributed by atoms with E-state index in [-0.39, 0.29) is 12.0 Å². The normalized spacial score (nSPS) is 11.5. The first-order valence-corrected chi connectivity index (χ1v) is 4.76. The molecule has 0 fully saturated rings. The van der Waals surface area contributed by atoms with Gasteiger partial charge >= 0.3 is 5.97 Å². The van der Waals surface area contributed by atoms with Crippen LogP contribution in [0.5, 0.6) is 0 Å². The highest BCUT2D eigenvalue weighted by molar-refractivity contribution is 5.69. The number of carbonyl (C=O) groups excluding carboxylic acids is 1. The molecule has 0 saturated heterocycles. The van der Waals surface area contributed by atoms with Gasteiger partial charge in [0.15, 0.2) is 0 Å². The van der Waals surface area contributed by atoms with Gasteiger partial charge in [0.1, 0.15) is 0 Å². The maximum Gasteiger partial charge on any atom is 0.305 e. The van der Waals surface area contributed by atoms with Crippen molar-refractivity contribution in [2.24, 2.45) is 0 Å². The molecule has 0 bridgehead atoms. The molecule has 1 atom stereocenters. The third-order valence-corrected chi connectivity index (χ3v) is 2.19. The third-order valence-electron chi connectivity index (χ3n) is 2.19. The highest BCUT2D eigenvalue weighted by Crippen LogP contribution is 2.22. The molecule has 1 aromatic rings. The Morgan fingerprint density at radius 3 is 2.67 bits per heavy atom. The van der Waals surface area contributed by atoms with Crippen LogP contribution in [-0.4, -0.2) is 13.1 Å². The molecular formula is C12H13NO2. The van der Waals surface area contributed by atoms with E-state index in [0.717, 1.165) is 5.56 Å². The highest BCUT2D eigenvalue weighted by atomic mass is 16.5. The Labute approximate surface area is 89.5 Å². The van der Waals surface area contributed by atoms with Gasteiger partial charge in [-0.05, 0) is 0 Å². The molecule has 0 aliphatic carbocycles. The van der Waals surface area contributed by atoms with Crippen LogP contribution >= 0.6 is 0 Å². The maximum atomic E-state index is 10.9. The summed E-state index contributed by atoms with van der Waals surface area (Å²) in [5, 5.41) is 0. The van der Waals surface area contributed by atoms with Gasteiger partial charge in [-0.15, -0.1) is 0 Å².